The minimum absolute atomic E-state index is 0.119. The van der Waals surface area contributed by atoms with Crippen molar-refractivity contribution in [1.82, 2.24) is 0 Å². The molecule has 0 aliphatic rings. The summed E-state index contributed by atoms with van der Waals surface area (Å²) in [5.74, 6) is -1.18. The summed E-state index contributed by atoms with van der Waals surface area (Å²) in [6, 6.07) is 15.0. The first-order valence-electron chi connectivity index (χ1n) is 7.98. The van der Waals surface area contributed by atoms with E-state index < -0.39 is 17.2 Å². The molecule has 6 nitrogen and oxygen atoms in total. The van der Waals surface area contributed by atoms with E-state index in [2.05, 4.69) is 10.6 Å². The Labute approximate surface area is 151 Å². The standard InChI is InChI=1S/C20H19N3O3/c1-13(24)14-8-6-9-16(11-14)22-18(25)20(2,3)19(26)23-17-10-5-4-7-15(17)12-21/h4-11H,1-3H3,(H,22,25)(H,23,26). The van der Waals surface area contributed by atoms with Crippen LogP contribution in [0.5, 0.6) is 0 Å². The number of nitrogens with zero attached hydrogens (tertiary/aromatic N) is 1. The number of carbonyl (C=O) groups is 3. The summed E-state index contributed by atoms with van der Waals surface area (Å²) in [6.45, 7) is 4.41. The van der Waals surface area contributed by atoms with Crippen LogP contribution < -0.4 is 10.6 Å². The van der Waals surface area contributed by atoms with E-state index in [4.69, 9.17) is 5.26 Å². The summed E-state index contributed by atoms with van der Waals surface area (Å²) in [6.07, 6.45) is 0. The third-order valence-corrected chi connectivity index (χ3v) is 3.96. The van der Waals surface area contributed by atoms with Crippen LogP contribution in [0.3, 0.4) is 0 Å². The molecular weight excluding hydrogens is 330 g/mol. The van der Waals surface area contributed by atoms with Crippen LogP contribution in [-0.4, -0.2) is 17.6 Å². The molecule has 0 aliphatic heterocycles. The molecule has 0 saturated heterocycles. The van der Waals surface area contributed by atoms with Crippen LogP contribution in [0, 0.1) is 16.7 Å². The number of rotatable bonds is 5. The maximum atomic E-state index is 12.6. The molecule has 0 unspecified atom stereocenters. The van der Waals surface area contributed by atoms with Gasteiger partial charge in [-0.05, 0) is 45.0 Å². The van der Waals surface area contributed by atoms with Gasteiger partial charge in [-0.2, -0.15) is 5.26 Å². The van der Waals surface area contributed by atoms with Crippen LogP contribution in [0.4, 0.5) is 11.4 Å². The van der Waals surface area contributed by atoms with E-state index in [-0.39, 0.29) is 5.78 Å². The Morgan fingerprint density at radius 3 is 2.27 bits per heavy atom. The van der Waals surface area contributed by atoms with Crippen molar-refractivity contribution in [2.24, 2.45) is 5.41 Å². The lowest BCUT2D eigenvalue weighted by molar-refractivity contribution is -0.135. The van der Waals surface area contributed by atoms with Crippen molar-refractivity contribution in [3.63, 3.8) is 0 Å². The molecular formula is C20H19N3O3. The summed E-state index contributed by atoms with van der Waals surface area (Å²) in [7, 11) is 0. The lowest BCUT2D eigenvalue weighted by atomic mass is 9.90. The molecule has 0 saturated carbocycles. The summed E-state index contributed by atoms with van der Waals surface area (Å²) < 4.78 is 0. The van der Waals surface area contributed by atoms with Crippen molar-refractivity contribution in [3.8, 4) is 6.07 Å². The Bertz CT molecular complexity index is 911. The number of hydrogen-bond acceptors (Lipinski definition) is 4. The fourth-order valence-electron chi connectivity index (χ4n) is 2.17. The highest BCUT2D eigenvalue weighted by atomic mass is 16.2. The third-order valence-electron chi connectivity index (χ3n) is 3.96. The molecule has 0 aliphatic carbocycles. The third kappa shape index (κ3) is 4.14. The van der Waals surface area contributed by atoms with Crippen LogP contribution in [0.25, 0.3) is 0 Å². The highest BCUT2D eigenvalue weighted by Gasteiger charge is 2.36. The maximum absolute atomic E-state index is 12.6. The van der Waals surface area contributed by atoms with Crippen LogP contribution in [-0.2, 0) is 9.59 Å². The zero-order valence-corrected chi connectivity index (χ0v) is 14.8. The van der Waals surface area contributed by atoms with E-state index in [1.165, 1.54) is 20.8 Å². The second kappa shape index (κ2) is 7.62. The number of carbonyl (C=O) groups excluding carboxylic acids is 3. The van der Waals surface area contributed by atoms with Crippen LogP contribution in [0.2, 0.25) is 0 Å². The number of para-hydroxylation sites is 1. The molecule has 2 amide bonds. The monoisotopic (exact) mass is 349 g/mol. The first-order valence-corrected chi connectivity index (χ1v) is 7.98. The topological polar surface area (TPSA) is 99.1 Å². The van der Waals surface area contributed by atoms with Gasteiger partial charge >= 0.3 is 0 Å². The van der Waals surface area contributed by atoms with Gasteiger partial charge in [-0.15, -0.1) is 0 Å². The molecule has 26 heavy (non-hydrogen) atoms. The average Bonchev–Trinajstić information content (AvgIpc) is 2.62. The van der Waals surface area contributed by atoms with Crippen molar-refractivity contribution in [1.29, 1.82) is 5.26 Å². The fraction of sp³-hybridized carbons (Fsp3) is 0.200. The molecule has 2 rings (SSSR count). The van der Waals surface area contributed by atoms with Crippen molar-refractivity contribution in [2.75, 3.05) is 10.6 Å². The van der Waals surface area contributed by atoms with Crippen LogP contribution in [0.1, 0.15) is 36.7 Å². The van der Waals surface area contributed by atoms with E-state index >= 15 is 0 Å². The zero-order valence-electron chi connectivity index (χ0n) is 14.8. The Balaban J connectivity index is 2.16. The molecule has 0 spiro atoms. The SMILES string of the molecule is CC(=O)c1cccc(NC(=O)C(C)(C)C(=O)Nc2ccccc2C#N)c1. The van der Waals surface area contributed by atoms with Gasteiger partial charge in [0.15, 0.2) is 5.78 Å². The van der Waals surface area contributed by atoms with Crippen molar-refractivity contribution in [3.05, 3.63) is 59.7 Å². The van der Waals surface area contributed by atoms with Gasteiger partial charge < -0.3 is 10.6 Å². The molecule has 0 aromatic heterocycles. The Morgan fingerprint density at radius 2 is 1.62 bits per heavy atom. The smallest absolute Gasteiger partial charge is 0.239 e. The van der Waals surface area contributed by atoms with Gasteiger partial charge in [0.05, 0.1) is 11.3 Å². The maximum Gasteiger partial charge on any atom is 0.239 e. The second-order valence-corrected chi connectivity index (χ2v) is 6.33. The predicted octanol–water partition coefficient (Wildman–Crippen LogP) is 3.36. The van der Waals surface area contributed by atoms with Crippen molar-refractivity contribution >= 4 is 29.0 Å². The van der Waals surface area contributed by atoms with E-state index in [9.17, 15) is 14.4 Å². The number of anilines is 2. The van der Waals surface area contributed by atoms with Gasteiger partial charge in [0.1, 0.15) is 11.5 Å². The summed E-state index contributed by atoms with van der Waals surface area (Å²) in [5, 5.41) is 14.4. The molecule has 0 heterocycles. The van der Waals surface area contributed by atoms with E-state index in [0.29, 0.717) is 22.5 Å². The van der Waals surface area contributed by atoms with Gasteiger partial charge in [-0.1, -0.05) is 24.3 Å². The van der Waals surface area contributed by atoms with Gasteiger partial charge in [0.25, 0.3) is 0 Å². The lowest BCUT2D eigenvalue weighted by Gasteiger charge is -2.23. The quantitative estimate of drug-likeness (QED) is 0.638. The number of ketones is 1. The number of benzene rings is 2. The van der Waals surface area contributed by atoms with E-state index in [0.717, 1.165) is 0 Å². The summed E-state index contributed by atoms with van der Waals surface area (Å²) >= 11 is 0. The summed E-state index contributed by atoms with van der Waals surface area (Å²) in [5.41, 5.74) is 0.161. The molecule has 0 radical (unpaired) electrons. The van der Waals surface area contributed by atoms with Crippen molar-refractivity contribution < 1.29 is 14.4 Å². The Kier molecular flexibility index (Phi) is 5.53. The largest absolute Gasteiger partial charge is 0.325 e. The lowest BCUT2D eigenvalue weighted by Crippen LogP contribution is -2.41. The van der Waals surface area contributed by atoms with Gasteiger partial charge in [-0.3, -0.25) is 14.4 Å². The van der Waals surface area contributed by atoms with E-state index in [1.807, 2.05) is 6.07 Å². The fourth-order valence-corrected chi connectivity index (χ4v) is 2.17. The average molecular weight is 349 g/mol. The molecule has 132 valence electrons. The minimum Gasteiger partial charge on any atom is -0.325 e. The Morgan fingerprint density at radius 1 is 0.962 bits per heavy atom. The normalized spacial score (nSPS) is 10.5. The number of amides is 2. The van der Waals surface area contributed by atoms with Crippen LogP contribution >= 0.6 is 0 Å². The number of hydrogen-bond donors (Lipinski definition) is 2. The highest BCUT2D eigenvalue weighted by Crippen LogP contribution is 2.23. The van der Waals surface area contributed by atoms with Crippen LogP contribution in [0.15, 0.2) is 48.5 Å². The molecule has 0 fully saturated rings. The first-order chi connectivity index (χ1) is 12.3. The molecule has 2 aromatic rings. The molecule has 0 bridgehead atoms. The summed E-state index contributed by atoms with van der Waals surface area (Å²) in [4.78, 5) is 36.6. The number of nitrogens with one attached hydrogen (secondary N) is 2. The molecule has 2 N–H and O–H groups in total. The molecule has 2 aromatic carbocycles. The highest BCUT2D eigenvalue weighted by molar-refractivity contribution is 6.14. The zero-order chi connectivity index (χ0) is 19.3. The number of Topliss-reactive ketones (excluding diaryl/α,β-unsaturated/α-hetero) is 1. The van der Waals surface area contributed by atoms with Gasteiger partial charge in [0.2, 0.25) is 11.8 Å². The second-order valence-electron chi connectivity index (χ2n) is 6.33. The minimum atomic E-state index is -1.39. The predicted molar refractivity (Wildman–Crippen MR) is 98.6 cm³/mol. The molecule has 0 atom stereocenters. The Hall–Kier alpha value is -3.46. The van der Waals surface area contributed by atoms with Gasteiger partial charge in [-0.25, -0.2) is 0 Å². The molecule has 6 heteroatoms. The van der Waals surface area contributed by atoms with E-state index in [1.54, 1.807) is 48.5 Å². The van der Waals surface area contributed by atoms with Crippen molar-refractivity contribution in [2.45, 2.75) is 20.8 Å². The number of nitriles is 1. The first kappa shape index (κ1) is 18.9. The van der Waals surface area contributed by atoms with Gasteiger partial charge in [0, 0.05) is 11.3 Å².